The largest absolute Gasteiger partial charge is 0.379 e. The van der Waals surface area contributed by atoms with Crippen molar-refractivity contribution in [2.45, 2.75) is 146 Å². The van der Waals surface area contributed by atoms with E-state index in [4.69, 9.17) is 4.74 Å². The Balaban J connectivity index is 0.00000204. The molecule has 0 N–H and O–H groups in total. The average molecular weight is 475 g/mol. The number of allylic oxidation sites excluding steroid dienone is 2. The second kappa shape index (κ2) is 10.6. The second-order valence-electron chi connectivity index (χ2n) is 13.9. The number of methoxy groups -OCH3 is 1. The molecule has 4 aliphatic carbocycles. The van der Waals surface area contributed by atoms with Crippen molar-refractivity contribution in [1.29, 1.82) is 0 Å². The highest BCUT2D eigenvalue weighted by Gasteiger charge is 2.63. The van der Waals surface area contributed by atoms with Gasteiger partial charge in [0, 0.05) is 7.11 Å². The first-order valence-corrected chi connectivity index (χ1v) is 14.3. The van der Waals surface area contributed by atoms with Crippen LogP contribution in [0.15, 0.2) is 11.6 Å². The van der Waals surface area contributed by atoms with Crippen molar-refractivity contribution in [2.24, 2.45) is 45.8 Å². The molecule has 0 aromatic carbocycles. The Morgan fingerprint density at radius 3 is 2.35 bits per heavy atom. The predicted octanol–water partition coefficient (Wildman–Crippen LogP) is 10.5. The van der Waals surface area contributed by atoms with Crippen molar-refractivity contribution in [3.8, 4) is 0 Å². The summed E-state index contributed by atoms with van der Waals surface area (Å²) in [6, 6.07) is 0. The number of hydrogen-bond acceptors (Lipinski definition) is 1. The highest BCUT2D eigenvalue weighted by atomic mass is 16.5. The Labute approximate surface area is 215 Å². The van der Waals surface area contributed by atoms with E-state index in [2.05, 4.69) is 54.5 Å². The van der Waals surface area contributed by atoms with E-state index in [9.17, 15) is 0 Å². The quantitative estimate of drug-likeness (QED) is 0.333. The minimum atomic E-state index is 0. The van der Waals surface area contributed by atoms with Gasteiger partial charge in [-0.2, -0.15) is 0 Å². The third kappa shape index (κ3) is 4.70. The zero-order chi connectivity index (χ0) is 23.4. The summed E-state index contributed by atoms with van der Waals surface area (Å²) >= 11 is 0. The van der Waals surface area contributed by atoms with Gasteiger partial charge in [-0.15, -0.1) is 0 Å². The van der Waals surface area contributed by atoms with E-state index in [1.165, 1.54) is 77.0 Å². The van der Waals surface area contributed by atoms with Gasteiger partial charge in [-0.1, -0.05) is 80.4 Å². The first-order chi connectivity index (χ1) is 15.0. The molecule has 8 atom stereocenters. The van der Waals surface area contributed by atoms with Crippen molar-refractivity contribution in [2.75, 3.05) is 7.11 Å². The molecule has 0 bridgehead atoms. The highest BCUT2D eigenvalue weighted by molar-refractivity contribution is 5.25. The molecule has 34 heavy (non-hydrogen) atoms. The summed E-state index contributed by atoms with van der Waals surface area (Å²) in [4.78, 5) is 0. The summed E-state index contributed by atoms with van der Waals surface area (Å²) in [6.45, 7) is 17.6. The first-order valence-electron chi connectivity index (χ1n) is 14.3. The van der Waals surface area contributed by atoms with E-state index in [0.29, 0.717) is 16.2 Å². The molecule has 1 heteroatoms. The second-order valence-corrected chi connectivity index (χ2v) is 13.9. The smallest absolute Gasteiger partial charge is 0.0622 e. The van der Waals surface area contributed by atoms with E-state index in [0.717, 1.165) is 29.6 Å². The Morgan fingerprint density at radius 2 is 1.71 bits per heavy atom. The van der Waals surface area contributed by atoms with E-state index in [1.807, 2.05) is 12.7 Å². The molecular weight excluding hydrogens is 412 g/mol. The predicted molar refractivity (Wildman–Crippen MR) is 151 cm³/mol. The van der Waals surface area contributed by atoms with Crippen LogP contribution in [0.5, 0.6) is 0 Å². The minimum absolute atomic E-state index is 0. The van der Waals surface area contributed by atoms with Crippen LogP contribution in [0.4, 0.5) is 0 Å². The van der Waals surface area contributed by atoms with Crippen molar-refractivity contribution in [3.63, 3.8) is 0 Å². The maximum Gasteiger partial charge on any atom is 0.0622 e. The van der Waals surface area contributed by atoms with Crippen molar-refractivity contribution >= 4 is 0 Å². The monoisotopic (exact) mass is 474 g/mol. The molecule has 0 radical (unpaired) electrons. The highest BCUT2D eigenvalue weighted by Crippen LogP contribution is 2.71. The van der Waals surface area contributed by atoms with Crippen molar-refractivity contribution in [1.82, 2.24) is 0 Å². The fourth-order valence-electron chi connectivity index (χ4n) is 9.45. The molecule has 0 aromatic heterocycles. The molecule has 0 saturated heterocycles. The summed E-state index contributed by atoms with van der Waals surface area (Å²) in [7, 11) is 1.87. The zero-order valence-corrected chi connectivity index (χ0v) is 22.9. The molecule has 1 nitrogen and oxygen atoms in total. The van der Waals surface area contributed by atoms with Crippen LogP contribution >= 0.6 is 0 Å². The summed E-state index contributed by atoms with van der Waals surface area (Å²) < 4.78 is 5.70. The SMILES string of the molecule is C.C.CCC1CCC2(C)C(=CCC3C2CCC2(C)[C@H]3CC[C@]2(C)[C@@H](C)CCCC(C)(C)OC)C1. The number of rotatable bonds is 7. The van der Waals surface area contributed by atoms with Gasteiger partial charge in [-0.25, -0.2) is 0 Å². The molecule has 4 rings (SSSR count). The fraction of sp³-hybridized carbons (Fsp3) is 0.939. The van der Waals surface area contributed by atoms with Crippen LogP contribution in [0, 0.1) is 45.8 Å². The Kier molecular flexibility index (Phi) is 9.32. The van der Waals surface area contributed by atoms with Gasteiger partial charge in [-0.05, 0) is 117 Å². The molecule has 4 aliphatic rings. The van der Waals surface area contributed by atoms with Gasteiger partial charge in [0.2, 0.25) is 0 Å². The van der Waals surface area contributed by atoms with Gasteiger partial charge >= 0.3 is 0 Å². The van der Waals surface area contributed by atoms with Crippen molar-refractivity contribution in [3.05, 3.63) is 11.6 Å². The molecule has 3 fully saturated rings. The Bertz CT molecular complexity index is 705. The summed E-state index contributed by atoms with van der Waals surface area (Å²) in [6.07, 6.45) is 19.6. The lowest BCUT2D eigenvalue weighted by atomic mass is 9.44. The third-order valence-electron chi connectivity index (χ3n) is 12.5. The van der Waals surface area contributed by atoms with Crippen LogP contribution in [-0.4, -0.2) is 12.7 Å². The number of fused-ring (bicyclic) bond motifs is 5. The average Bonchev–Trinajstić information content (AvgIpc) is 3.05. The molecule has 0 aliphatic heterocycles. The van der Waals surface area contributed by atoms with Crippen LogP contribution in [0.1, 0.15) is 140 Å². The molecule has 3 saturated carbocycles. The van der Waals surface area contributed by atoms with Crippen LogP contribution in [0.25, 0.3) is 0 Å². The van der Waals surface area contributed by atoms with E-state index in [-0.39, 0.29) is 20.5 Å². The lowest BCUT2D eigenvalue weighted by molar-refractivity contribution is -0.0873. The lowest BCUT2D eigenvalue weighted by Gasteiger charge is -2.60. The molecule has 5 unspecified atom stereocenters. The van der Waals surface area contributed by atoms with Gasteiger partial charge in [0.15, 0.2) is 0 Å². The summed E-state index contributed by atoms with van der Waals surface area (Å²) in [5.74, 6) is 4.62. The maximum atomic E-state index is 5.70. The topological polar surface area (TPSA) is 9.23 Å². The Hall–Kier alpha value is -0.300. The van der Waals surface area contributed by atoms with Gasteiger partial charge < -0.3 is 4.74 Å². The van der Waals surface area contributed by atoms with E-state index >= 15 is 0 Å². The van der Waals surface area contributed by atoms with Gasteiger partial charge in [0.05, 0.1) is 5.60 Å². The van der Waals surface area contributed by atoms with Gasteiger partial charge in [0.25, 0.3) is 0 Å². The maximum absolute atomic E-state index is 5.70. The molecule has 0 aromatic rings. The van der Waals surface area contributed by atoms with Gasteiger partial charge in [-0.3, -0.25) is 0 Å². The Morgan fingerprint density at radius 1 is 1.03 bits per heavy atom. The third-order valence-corrected chi connectivity index (χ3v) is 12.5. The minimum Gasteiger partial charge on any atom is -0.379 e. The summed E-state index contributed by atoms with van der Waals surface area (Å²) in [5.41, 5.74) is 3.46. The normalized spacial score (nSPS) is 42.3. The molecule has 0 spiro atoms. The van der Waals surface area contributed by atoms with Gasteiger partial charge in [0.1, 0.15) is 0 Å². The van der Waals surface area contributed by atoms with Crippen molar-refractivity contribution < 1.29 is 4.74 Å². The summed E-state index contributed by atoms with van der Waals surface area (Å²) in [5, 5.41) is 0. The number of hydrogen-bond donors (Lipinski definition) is 0. The standard InChI is InChI=1S/C31H54O.2CH4/c1-9-23-14-18-29(5)24(21-23)12-13-25-26(29)15-20-31(7)27(25)16-19-30(31,6)22(2)11-10-17-28(3,4)32-8;;/h12,22-23,25-27H,9-11,13-21H2,1-8H3;2*1H4/t22-,23?,25?,26?,27-,29?,30+,31?;;/m0../s1. The van der Waals surface area contributed by atoms with Crippen LogP contribution in [0.3, 0.4) is 0 Å². The lowest BCUT2D eigenvalue weighted by Crippen LogP contribution is -2.52. The molecule has 0 heterocycles. The first kappa shape index (κ1) is 29.9. The van der Waals surface area contributed by atoms with Crippen LogP contribution in [-0.2, 0) is 4.74 Å². The van der Waals surface area contributed by atoms with E-state index < -0.39 is 0 Å². The molecular formula is C33H62O. The zero-order valence-electron chi connectivity index (χ0n) is 22.9. The number of ether oxygens (including phenoxy) is 1. The van der Waals surface area contributed by atoms with Crippen LogP contribution < -0.4 is 0 Å². The fourth-order valence-corrected chi connectivity index (χ4v) is 9.45. The molecule has 200 valence electrons. The van der Waals surface area contributed by atoms with E-state index in [1.54, 1.807) is 0 Å². The molecule has 0 amide bonds. The van der Waals surface area contributed by atoms with Crippen LogP contribution in [0.2, 0.25) is 0 Å².